The number of halogens is 1. The van der Waals surface area contributed by atoms with E-state index in [2.05, 4.69) is 57.9 Å². The molecule has 92 valence electrons. The van der Waals surface area contributed by atoms with Crippen molar-refractivity contribution in [1.29, 1.82) is 0 Å². The minimum absolute atomic E-state index is 0.647. The van der Waals surface area contributed by atoms with Crippen molar-refractivity contribution >= 4 is 28.3 Å². The second-order valence-electron chi connectivity index (χ2n) is 5.32. The number of nitrogens with zero attached hydrogens (tertiary/aromatic N) is 1. The molecule has 1 unspecified atom stereocenters. The summed E-state index contributed by atoms with van der Waals surface area (Å²) in [7, 11) is 0. The molecule has 1 aliphatic carbocycles. The van der Waals surface area contributed by atoms with Gasteiger partial charge in [0.1, 0.15) is 0 Å². The minimum atomic E-state index is 0.647. The Morgan fingerprint density at radius 1 is 1.29 bits per heavy atom. The van der Waals surface area contributed by atoms with Crippen LogP contribution in [-0.2, 0) is 0 Å². The van der Waals surface area contributed by atoms with Crippen LogP contribution in [0.3, 0.4) is 0 Å². The molecule has 0 spiro atoms. The Labute approximate surface area is 117 Å². The van der Waals surface area contributed by atoms with Crippen molar-refractivity contribution in [2.24, 2.45) is 0 Å². The first-order valence-corrected chi connectivity index (χ1v) is 7.57. The van der Waals surface area contributed by atoms with Gasteiger partial charge < -0.3 is 5.32 Å². The molecule has 0 radical (unpaired) electrons. The second kappa shape index (κ2) is 4.76. The van der Waals surface area contributed by atoms with Crippen LogP contribution < -0.4 is 5.32 Å². The van der Waals surface area contributed by atoms with Gasteiger partial charge in [0.15, 0.2) is 0 Å². The average molecular weight is 342 g/mol. The first kappa shape index (κ1) is 11.8. The van der Waals surface area contributed by atoms with Gasteiger partial charge in [0.05, 0.1) is 0 Å². The molecule has 2 aliphatic rings. The fourth-order valence-electron chi connectivity index (χ4n) is 2.59. The first-order valence-electron chi connectivity index (χ1n) is 6.49. The molecular formula is C14H19IN2. The lowest BCUT2D eigenvalue weighted by Crippen LogP contribution is -2.27. The summed E-state index contributed by atoms with van der Waals surface area (Å²) in [6.07, 6.45) is 4.14. The van der Waals surface area contributed by atoms with Gasteiger partial charge in [-0.2, -0.15) is 0 Å². The van der Waals surface area contributed by atoms with Gasteiger partial charge in [0.25, 0.3) is 0 Å². The smallest absolute Gasteiger partial charge is 0.0400 e. The van der Waals surface area contributed by atoms with Crippen LogP contribution in [0.1, 0.15) is 24.8 Å². The quantitative estimate of drug-likeness (QED) is 0.849. The van der Waals surface area contributed by atoms with Crippen LogP contribution in [-0.4, -0.2) is 30.1 Å². The van der Waals surface area contributed by atoms with Crippen molar-refractivity contribution < 1.29 is 0 Å². The van der Waals surface area contributed by atoms with E-state index >= 15 is 0 Å². The zero-order chi connectivity index (χ0) is 11.8. The van der Waals surface area contributed by atoms with Gasteiger partial charge in [-0.1, -0.05) is 6.07 Å². The standard InChI is InChI=1S/C14H19IN2/c1-10-2-3-11(8-14(10)15)16-12-6-7-17(9-12)13-4-5-13/h2-3,8,12-13,16H,4-7,9H2,1H3. The van der Waals surface area contributed by atoms with E-state index in [0.717, 1.165) is 6.04 Å². The van der Waals surface area contributed by atoms with Crippen molar-refractivity contribution in [3.8, 4) is 0 Å². The van der Waals surface area contributed by atoms with Crippen molar-refractivity contribution in [3.63, 3.8) is 0 Å². The Hall–Kier alpha value is -0.290. The van der Waals surface area contributed by atoms with Gasteiger partial charge in [-0.05, 0) is 66.5 Å². The molecule has 1 saturated heterocycles. The lowest BCUT2D eigenvalue weighted by Gasteiger charge is -2.17. The Morgan fingerprint density at radius 3 is 2.82 bits per heavy atom. The molecule has 3 rings (SSSR count). The van der Waals surface area contributed by atoms with Gasteiger partial charge in [-0.3, -0.25) is 4.90 Å². The Morgan fingerprint density at radius 2 is 2.12 bits per heavy atom. The number of hydrogen-bond donors (Lipinski definition) is 1. The number of nitrogens with one attached hydrogen (secondary N) is 1. The molecule has 17 heavy (non-hydrogen) atoms. The SMILES string of the molecule is Cc1ccc(NC2CCN(C3CC3)C2)cc1I. The first-order chi connectivity index (χ1) is 8.22. The van der Waals surface area contributed by atoms with E-state index < -0.39 is 0 Å². The third-order valence-corrected chi connectivity index (χ3v) is 4.99. The molecule has 2 nitrogen and oxygen atoms in total. The van der Waals surface area contributed by atoms with E-state index in [-0.39, 0.29) is 0 Å². The van der Waals surface area contributed by atoms with Gasteiger partial charge in [-0.15, -0.1) is 0 Å². The summed E-state index contributed by atoms with van der Waals surface area (Å²) >= 11 is 2.41. The van der Waals surface area contributed by atoms with E-state index in [9.17, 15) is 0 Å². The molecule has 0 aromatic heterocycles. The molecule has 1 saturated carbocycles. The van der Waals surface area contributed by atoms with E-state index in [1.807, 2.05) is 0 Å². The van der Waals surface area contributed by atoms with Gasteiger partial charge in [0.2, 0.25) is 0 Å². The van der Waals surface area contributed by atoms with Gasteiger partial charge >= 0.3 is 0 Å². The highest BCUT2D eigenvalue weighted by Gasteiger charge is 2.34. The second-order valence-corrected chi connectivity index (χ2v) is 6.48. The van der Waals surface area contributed by atoms with Gasteiger partial charge in [-0.25, -0.2) is 0 Å². The number of anilines is 1. The lowest BCUT2D eigenvalue weighted by molar-refractivity contribution is 0.326. The van der Waals surface area contributed by atoms with Crippen LogP contribution in [0.25, 0.3) is 0 Å². The van der Waals surface area contributed by atoms with Gasteiger partial charge in [0, 0.05) is 34.4 Å². The van der Waals surface area contributed by atoms with Crippen molar-refractivity contribution in [2.75, 3.05) is 18.4 Å². The van der Waals surface area contributed by atoms with Crippen LogP contribution in [0.2, 0.25) is 0 Å². The summed E-state index contributed by atoms with van der Waals surface area (Å²) < 4.78 is 1.35. The lowest BCUT2D eigenvalue weighted by atomic mass is 10.2. The summed E-state index contributed by atoms with van der Waals surface area (Å²) in [4.78, 5) is 2.65. The van der Waals surface area contributed by atoms with Crippen LogP contribution in [0.15, 0.2) is 18.2 Å². The highest BCUT2D eigenvalue weighted by molar-refractivity contribution is 14.1. The number of rotatable bonds is 3. The molecule has 0 bridgehead atoms. The molecule has 1 aromatic rings. The molecule has 1 aliphatic heterocycles. The molecular weight excluding hydrogens is 323 g/mol. The van der Waals surface area contributed by atoms with Crippen LogP contribution in [0.4, 0.5) is 5.69 Å². The van der Waals surface area contributed by atoms with E-state index in [4.69, 9.17) is 0 Å². The predicted octanol–water partition coefficient (Wildman–Crippen LogP) is 3.25. The normalized spacial score (nSPS) is 25.2. The van der Waals surface area contributed by atoms with Crippen molar-refractivity contribution in [1.82, 2.24) is 4.90 Å². The molecule has 1 N–H and O–H groups in total. The number of aryl methyl sites for hydroxylation is 1. The Kier molecular flexibility index (Phi) is 3.30. The molecule has 3 heteroatoms. The predicted molar refractivity (Wildman–Crippen MR) is 80.5 cm³/mol. The monoisotopic (exact) mass is 342 g/mol. The minimum Gasteiger partial charge on any atom is -0.381 e. The fraction of sp³-hybridized carbons (Fsp3) is 0.571. The van der Waals surface area contributed by atoms with Crippen molar-refractivity contribution in [2.45, 2.75) is 38.3 Å². The number of hydrogen-bond acceptors (Lipinski definition) is 2. The fourth-order valence-corrected chi connectivity index (χ4v) is 3.11. The van der Waals surface area contributed by atoms with Crippen LogP contribution >= 0.6 is 22.6 Å². The zero-order valence-corrected chi connectivity index (χ0v) is 12.4. The average Bonchev–Trinajstić information content (AvgIpc) is 3.06. The summed E-state index contributed by atoms with van der Waals surface area (Å²) in [5.74, 6) is 0. The van der Waals surface area contributed by atoms with Crippen molar-refractivity contribution in [3.05, 3.63) is 27.3 Å². The Bertz CT molecular complexity index is 415. The summed E-state index contributed by atoms with van der Waals surface area (Å²) in [5, 5.41) is 3.68. The largest absolute Gasteiger partial charge is 0.381 e. The summed E-state index contributed by atoms with van der Waals surface area (Å²) in [5.41, 5.74) is 2.64. The molecule has 1 aromatic carbocycles. The van der Waals surface area contributed by atoms with Crippen LogP contribution in [0, 0.1) is 10.5 Å². The number of likely N-dealkylation sites (tertiary alicyclic amines) is 1. The highest BCUT2D eigenvalue weighted by Crippen LogP contribution is 2.30. The molecule has 1 atom stereocenters. The topological polar surface area (TPSA) is 15.3 Å². The Balaban J connectivity index is 1.61. The molecule has 1 heterocycles. The van der Waals surface area contributed by atoms with E-state index in [0.29, 0.717) is 6.04 Å². The maximum atomic E-state index is 3.68. The molecule has 0 amide bonds. The zero-order valence-electron chi connectivity index (χ0n) is 10.2. The van der Waals surface area contributed by atoms with E-state index in [1.165, 1.54) is 47.2 Å². The maximum Gasteiger partial charge on any atom is 0.0400 e. The van der Waals surface area contributed by atoms with Crippen LogP contribution in [0.5, 0.6) is 0 Å². The number of benzene rings is 1. The van der Waals surface area contributed by atoms with E-state index in [1.54, 1.807) is 0 Å². The third-order valence-electron chi connectivity index (χ3n) is 3.83. The highest BCUT2D eigenvalue weighted by atomic mass is 127. The molecule has 2 fully saturated rings. The summed E-state index contributed by atoms with van der Waals surface area (Å²) in [6, 6.07) is 8.24. The summed E-state index contributed by atoms with van der Waals surface area (Å²) in [6.45, 7) is 4.68. The third kappa shape index (κ3) is 2.76. The maximum absolute atomic E-state index is 3.68.